The highest BCUT2D eigenvalue weighted by molar-refractivity contribution is 5.95. The van der Waals surface area contributed by atoms with Gasteiger partial charge in [-0.2, -0.15) is 13.2 Å². The zero-order chi connectivity index (χ0) is 28.9. The lowest BCUT2D eigenvalue weighted by Gasteiger charge is -2.17. The third-order valence-electron chi connectivity index (χ3n) is 6.37. The number of nitrogens with one attached hydrogen (secondary N) is 1. The van der Waals surface area contributed by atoms with Gasteiger partial charge in [0.05, 0.1) is 32.4 Å². The van der Waals surface area contributed by atoms with Gasteiger partial charge in [0.15, 0.2) is 5.69 Å². The molecule has 3 aromatic carbocycles. The Morgan fingerprint density at radius 3 is 2.42 bits per heavy atom. The Hall–Kier alpha value is -4.31. The molecule has 0 aliphatic carbocycles. The quantitative estimate of drug-likeness (QED) is 0.178. The Bertz CT molecular complexity index is 1510. The number of fused-ring (bicyclic) bond motifs is 1. The van der Waals surface area contributed by atoms with Crippen molar-refractivity contribution in [1.29, 1.82) is 0 Å². The fraction of sp³-hybridized carbons (Fsp3) is 0.267. The highest BCUT2D eigenvalue weighted by atomic mass is 19.4. The van der Waals surface area contributed by atoms with Crippen LogP contribution in [0.5, 0.6) is 17.2 Å². The normalized spacial score (nSPS) is 12.2. The minimum Gasteiger partial charge on any atom is -0.497 e. The molecule has 0 aliphatic rings. The lowest BCUT2D eigenvalue weighted by atomic mass is 10.00. The second-order valence-corrected chi connectivity index (χ2v) is 8.98. The summed E-state index contributed by atoms with van der Waals surface area (Å²) in [6, 6.07) is 17.6. The van der Waals surface area contributed by atoms with E-state index in [1.807, 2.05) is 31.2 Å². The summed E-state index contributed by atoms with van der Waals surface area (Å²) in [4.78, 5) is 16.2. The number of carbonyl (C=O) groups excluding carboxylic acids is 1. The SMILES string of the molecule is COC(=O)c1cc(OC)c2cc(-c3cc(OCCNC(C)c4cccc(OC)c4)cc(C(F)(F)F)c3)ccc2n1. The van der Waals surface area contributed by atoms with E-state index in [0.29, 0.717) is 34.3 Å². The number of pyridine rings is 1. The first-order valence-corrected chi connectivity index (χ1v) is 12.4. The van der Waals surface area contributed by atoms with Crippen LogP contribution >= 0.6 is 0 Å². The maximum atomic E-state index is 13.8. The number of methoxy groups -OCH3 is 3. The summed E-state index contributed by atoms with van der Waals surface area (Å²) in [6.07, 6.45) is -4.57. The van der Waals surface area contributed by atoms with Gasteiger partial charge in [-0.25, -0.2) is 9.78 Å². The molecule has 0 bridgehead atoms. The molecule has 0 aliphatic heterocycles. The molecule has 0 saturated heterocycles. The second kappa shape index (κ2) is 12.3. The van der Waals surface area contributed by atoms with Crippen molar-refractivity contribution >= 4 is 16.9 Å². The van der Waals surface area contributed by atoms with E-state index >= 15 is 0 Å². The lowest BCUT2D eigenvalue weighted by Crippen LogP contribution is -2.24. The Labute approximate surface area is 229 Å². The zero-order valence-electron chi connectivity index (χ0n) is 22.5. The van der Waals surface area contributed by atoms with Crippen LogP contribution in [0.2, 0.25) is 0 Å². The van der Waals surface area contributed by atoms with E-state index in [1.165, 1.54) is 20.3 Å². The van der Waals surface area contributed by atoms with Crippen LogP contribution in [0.1, 0.15) is 34.6 Å². The van der Waals surface area contributed by atoms with Crippen molar-refractivity contribution in [2.45, 2.75) is 19.1 Å². The van der Waals surface area contributed by atoms with E-state index < -0.39 is 17.7 Å². The van der Waals surface area contributed by atoms with Gasteiger partial charge in [-0.3, -0.25) is 0 Å². The van der Waals surface area contributed by atoms with Crippen molar-refractivity contribution in [3.8, 4) is 28.4 Å². The molecular weight excluding hydrogens is 525 g/mol. The van der Waals surface area contributed by atoms with Gasteiger partial charge in [0.1, 0.15) is 23.9 Å². The molecule has 0 fully saturated rings. The smallest absolute Gasteiger partial charge is 0.416 e. The van der Waals surface area contributed by atoms with Gasteiger partial charge < -0.3 is 24.3 Å². The fourth-order valence-corrected chi connectivity index (χ4v) is 4.24. The molecule has 4 aromatic rings. The predicted octanol–water partition coefficient (Wildman–Crippen LogP) is 6.45. The largest absolute Gasteiger partial charge is 0.497 e. The minimum atomic E-state index is -4.57. The molecule has 0 radical (unpaired) electrons. The number of hydrogen-bond donors (Lipinski definition) is 1. The lowest BCUT2D eigenvalue weighted by molar-refractivity contribution is -0.137. The van der Waals surface area contributed by atoms with Gasteiger partial charge in [-0.1, -0.05) is 18.2 Å². The molecule has 1 N–H and O–H groups in total. The van der Waals surface area contributed by atoms with Crippen LogP contribution in [0.15, 0.2) is 66.7 Å². The number of nitrogens with zero attached hydrogens (tertiary/aromatic N) is 1. The third-order valence-corrected chi connectivity index (χ3v) is 6.37. The number of esters is 1. The zero-order valence-corrected chi connectivity index (χ0v) is 22.5. The number of ether oxygens (including phenoxy) is 4. The monoisotopic (exact) mass is 554 g/mol. The molecule has 1 aromatic heterocycles. The molecule has 40 heavy (non-hydrogen) atoms. The summed E-state index contributed by atoms with van der Waals surface area (Å²) in [7, 11) is 4.27. The van der Waals surface area contributed by atoms with Gasteiger partial charge in [0, 0.05) is 24.0 Å². The first-order chi connectivity index (χ1) is 19.1. The summed E-state index contributed by atoms with van der Waals surface area (Å²) < 4.78 is 62.5. The van der Waals surface area contributed by atoms with Crippen molar-refractivity contribution in [1.82, 2.24) is 10.3 Å². The van der Waals surface area contributed by atoms with E-state index in [-0.39, 0.29) is 24.1 Å². The standard InChI is InChI=1S/C30H29F3N2O5/c1-18(19-6-5-7-23(13-19)37-2)34-10-11-40-24-14-21(12-22(16-24)30(31,32)33)20-8-9-26-25(15-20)28(38-3)17-27(35-26)29(36)39-4/h5-9,12-18,34H,10-11H2,1-4H3. The predicted molar refractivity (Wildman–Crippen MR) is 145 cm³/mol. The topological polar surface area (TPSA) is 78.9 Å². The van der Waals surface area contributed by atoms with Gasteiger partial charge in [0.2, 0.25) is 0 Å². The van der Waals surface area contributed by atoms with Gasteiger partial charge >= 0.3 is 12.1 Å². The number of rotatable bonds is 10. The number of alkyl halides is 3. The maximum Gasteiger partial charge on any atom is 0.416 e. The third kappa shape index (κ3) is 6.63. The van der Waals surface area contributed by atoms with E-state index in [9.17, 15) is 18.0 Å². The van der Waals surface area contributed by atoms with Crippen molar-refractivity contribution < 1.29 is 36.9 Å². The van der Waals surface area contributed by atoms with Crippen LogP contribution in [0.4, 0.5) is 13.2 Å². The van der Waals surface area contributed by atoms with Crippen LogP contribution in [0.25, 0.3) is 22.0 Å². The summed E-state index contributed by atoms with van der Waals surface area (Å²) >= 11 is 0. The van der Waals surface area contributed by atoms with E-state index in [0.717, 1.165) is 23.4 Å². The van der Waals surface area contributed by atoms with Gasteiger partial charge in [-0.15, -0.1) is 0 Å². The van der Waals surface area contributed by atoms with Crippen LogP contribution < -0.4 is 19.5 Å². The van der Waals surface area contributed by atoms with Crippen LogP contribution in [-0.4, -0.2) is 45.4 Å². The van der Waals surface area contributed by atoms with E-state index in [1.54, 1.807) is 31.4 Å². The molecule has 7 nitrogen and oxygen atoms in total. The summed E-state index contributed by atoms with van der Waals surface area (Å²) in [6.45, 7) is 2.54. The van der Waals surface area contributed by atoms with Crippen LogP contribution in [0.3, 0.4) is 0 Å². The molecule has 4 rings (SSSR count). The number of aromatic nitrogens is 1. The molecule has 0 amide bonds. The van der Waals surface area contributed by atoms with Crippen molar-refractivity contribution in [3.05, 3.63) is 83.6 Å². The Morgan fingerprint density at radius 2 is 1.73 bits per heavy atom. The minimum absolute atomic E-state index is 0.0170. The van der Waals surface area contributed by atoms with E-state index in [2.05, 4.69) is 10.3 Å². The molecule has 1 atom stereocenters. The highest BCUT2D eigenvalue weighted by Gasteiger charge is 2.31. The molecule has 10 heteroatoms. The average Bonchev–Trinajstić information content (AvgIpc) is 2.97. The van der Waals surface area contributed by atoms with Crippen molar-refractivity contribution in [3.63, 3.8) is 0 Å². The summed E-state index contributed by atoms with van der Waals surface area (Å²) in [5.41, 5.74) is 1.49. The first kappa shape index (κ1) is 28.7. The second-order valence-electron chi connectivity index (χ2n) is 8.98. The van der Waals surface area contributed by atoms with Crippen molar-refractivity contribution in [2.75, 3.05) is 34.5 Å². The summed E-state index contributed by atoms with van der Waals surface area (Å²) in [5.74, 6) is 0.542. The fourth-order valence-electron chi connectivity index (χ4n) is 4.24. The number of halogens is 3. The number of carbonyl (C=O) groups is 1. The van der Waals surface area contributed by atoms with Gasteiger partial charge in [-0.05, 0) is 66.1 Å². The number of benzene rings is 3. The number of hydrogen-bond acceptors (Lipinski definition) is 7. The van der Waals surface area contributed by atoms with E-state index in [4.69, 9.17) is 18.9 Å². The molecule has 1 unspecified atom stereocenters. The van der Waals surface area contributed by atoms with Gasteiger partial charge in [0.25, 0.3) is 0 Å². The maximum absolute atomic E-state index is 13.8. The Kier molecular flexibility index (Phi) is 8.79. The first-order valence-electron chi connectivity index (χ1n) is 12.4. The average molecular weight is 555 g/mol. The van der Waals surface area contributed by atoms with Crippen LogP contribution in [0, 0.1) is 0 Å². The van der Waals surface area contributed by atoms with Crippen LogP contribution in [-0.2, 0) is 10.9 Å². The Morgan fingerprint density at radius 1 is 0.925 bits per heavy atom. The van der Waals surface area contributed by atoms with Crippen molar-refractivity contribution in [2.24, 2.45) is 0 Å². The summed E-state index contributed by atoms with van der Waals surface area (Å²) in [5, 5.41) is 3.84. The molecule has 210 valence electrons. The Balaban J connectivity index is 1.57. The molecular formula is C30H29F3N2O5. The molecule has 0 spiro atoms. The molecule has 0 saturated carbocycles. The highest BCUT2D eigenvalue weighted by Crippen LogP contribution is 2.37. The molecule has 1 heterocycles.